The number of halogens is 4. The number of benzene rings is 3. The van der Waals surface area contributed by atoms with E-state index in [0.717, 1.165) is 53.7 Å². The molecule has 2 aliphatic heterocycles. The second-order valence-electron chi connectivity index (χ2n) is 10.1. The average Bonchev–Trinajstić information content (AvgIpc) is 2.99. The molecule has 0 unspecified atom stereocenters. The average molecular weight is 611 g/mol. The van der Waals surface area contributed by atoms with Gasteiger partial charge in [0.25, 0.3) is 0 Å². The second kappa shape index (κ2) is 12.9. The molecule has 6 rings (SSSR count). The minimum atomic E-state index is -4.77. The van der Waals surface area contributed by atoms with Crippen molar-refractivity contribution in [2.45, 2.75) is 19.2 Å². The van der Waals surface area contributed by atoms with E-state index in [1.165, 1.54) is 12.1 Å². The van der Waals surface area contributed by atoms with Gasteiger partial charge in [-0.25, -0.2) is 9.97 Å². The highest BCUT2D eigenvalue weighted by Gasteiger charge is 2.31. The maximum Gasteiger partial charge on any atom is 0.573 e. The number of hydrogen-bond acceptors (Lipinski definition) is 7. The molecule has 3 aromatic rings. The van der Waals surface area contributed by atoms with Gasteiger partial charge in [-0.15, -0.1) is 25.6 Å². The van der Waals surface area contributed by atoms with Gasteiger partial charge in [0.2, 0.25) is 5.88 Å². The van der Waals surface area contributed by atoms with Crippen LogP contribution in [0.25, 0.3) is 28.1 Å². The Kier molecular flexibility index (Phi) is 9.02. The topological polar surface area (TPSA) is 85.6 Å². The molecule has 43 heavy (non-hydrogen) atoms. The van der Waals surface area contributed by atoms with Crippen molar-refractivity contribution in [1.82, 2.24) is 19.9 Å². The summed E-state index contributed by atoms with van der Waals surface area (Å²) in [5, 5.41) is 7.57. The molecule has 1 saturated heterocycles. The van der Waals surface area contributed by atoms with Crippen LogP contribution in [-0.2, 0) is 0 Å². The Balaban J connectivity index is 0.00000368. The van der Waals surface area contributed by atoms with Crippen LogP contribution in [0.15, 0.2) is 84.0 Å². The highest BCUT2D eigenvalue weighted by Crippen LogP contribution is 2.32. The lowest BCUT2D eigenvalue weighted by Gasteiger charge is -2.22. The third kappa shape index (κ3) is 6.84. The number of piperidine rings is 1. The molecule has 2 N–H and O–H groups in total. The summed E-state index contributed by atoms with van der Waals surface area (Å²) in [7, 11) is 1.57. The van der Waals surface area contributed by atoms with E-state index in [2.05, 4.69) is 20.4 Å². The summed E-state index contributed by atoms with van der Waals surface area (Å²) in [6.07, 6.45) is -1.01. The summed E-state index contributed by atoms with van der Waals surface area (Å²) in [6.45, 7) is 2.61. The number of para-hydroxylation sites is 2. The van der Waals surface area contributed by atoms with Crippen molar-refractivity contribution in [3.8, 4) is 28.7 Å². The van der Waals surface area contributed by atoms with Crippen LogP contribution in [-0.4, -0.2) is 47.6 Å². The van der Waals surface area contributed by atoms with Crippen LogP contribution >= 0.6 is 12.4 Å². The van der Waals surface area contributed by atoms with E-state index in [1.807, 2.05) is 53.1 Å². The number of alkyl halides is 3. The van der Waals surface area contributed by atoms with Gasteiger partial charge in [-0.2, -0.15) is 0 Å². The second-order valence-corrected chi connectivity index (χ2v) is 10.1. The number of fused-ring (bicyclic) bond motifs is 2. The molecule has 2 aromatic carbocycles. The van der Waals surface area contributed by atoms with Gasteiger partial charge in [-0.1, -0.05) is 12.1 Å². The molecular weight excluding hydrogens is 581 g/mol. The molecule has 0 saturated carbocycles. The molecule has 3 aliphatic rings. The summed E-state index contributed by atoms with van der Waals surface area (Å²) < 4.78 is 50.0. The van der Waals surface area contributed by atoms with Gasteiger partial charge in [-0.3, -0.25) is 4.99 Å². The summed E-state index contributed by atoms with van der Waals surface area (Å²) in [5.74, 6) is 0.624. The molecule has 0 atom stereocenters. The Morgan fingerprint density at radius 2 is 1.77 bits per heavy atom. The minimum Gasteiger partial charge on any atom is -0.480 e. The van der Waals surface area contributed by atoms with Crippen molar-refractivity contribution in [2.75, 3.05) is 32.1 Å². The molecule has 0 bridgehead atoms. The Bertz CT molecular complexity index is 1740. The zero-order chi connectivity index (χ0) is 29.1. The number of methoxy groups -OCH3 is 1. The van der Waals surface area contributed by atoms with Gasteiger partial charge in [0.05, 0.1) is 40.6 Å². The van der Waals surface area contributed by atoms with E-state index < -0.39 is 6.36 Å². The Labute approximate surface area is 252 Å². The van der Waals surface area contributed by atoms with Crippen molar-refractivity contribution in [3.05, 3.63) is 84.4 Å². The van der Waals surface area contributed by atoms with Gasteiger partial charge >= 0.3 is 6.36 Å². The molecule has 1 fully saturated rings. The number of anilines is 2. The normalized spacial score (nSPS) is 14.5. The van der Waals surface area contributed by atoms with E-state index in [9.17, 15) is 13.2 Å². The lowest BCUT2D eigenvalue weighted by Crippen LogP contribution is -2.29. The number of pyridine rings is 1. The molecular formula is C31H30ClF3N6O2. The first-order chi connectivity index (χ1) is 20.4. The minimum absolute atomic E-state index is 0. The Morgan fingerprint density at radius 3 is 2.51 bits per heavy atom. The highest BCUT2D eigenvalue weighted by molar-refractivity contribution is 5.85. The maximum absolute atomic E-state index is 12.8. The van der Waals surface area contributed by atoms with Gasteiger partial charge in [0.15, 0.2) is 0 Å². The number of aromatic nitrogens is 3. The first kappa shape index (κ1) is 30.1. The van der Waals surface area contributed by atoms with Gasteiger partial charge in [-0.05, 0) is 92.5 Å². The Morgan fingerprint density at radius 1 is 1.00 bits per heavy atom. The van der Waals surface area contributed by atoms with Crippen LogP contribution < -0.4 is 25.5 Å². The predicted molar refractivity (Wildman–Crippen MR) is 162 cm³/mol. The number of nitrogens with zero attached hydrogens (tertiary/aromatic N) is 4. The van der Waals surface area contributed by atoms with Gasteiger partial charge < -0.3 is 24.7 Å². The molecule has 224 valence electrons. The number of ether oxygens (including phenoxy) is 2. The smallest absolute Gasteiger partial charge is 0.480 e. The summed E-state index contributed by atoms with van der Waals surface area (Å²) in [4.78, 5) is 14.3. The van der Waals surface area contributed by atoms with Gasteiger partial charge in [0.1, 0.15) is 11.4 Å². The van der Waals surface area contributed by atoms with E-state index >= 15 is 0 Å². The molecule has 0 radical (unpaired) electrons. The lowest BCUT2D eigenvalue weighted by atomic mass is 9.98. The molecule has 1 aliphatic carbocycles. The number of nitrogens with one attached hydrogen (secondary N) is 2. The molecule has 3 heterocycles. The van der Waals surface area contributed by atoms with Crippen LogP contribution in [0.3, 0.4) is 0 Å². The maximum atomic E-state index is 12.8. The predicted octanol–water partition coefficient (Wildman–Crippen LogP) is 6.50. The molecule has 0 spiro atoms. The van der Waals surface area contributed by atoms with E-state index in [1.54, 1.807) is 25.4 Å². The summed E-state index contributed by atoms with van der Waals surface area (Å²) in [5.41, 5.74) is 5.05. The zero-order valence-corrected chi connectivity index (χ0v) is 24.1. The fourth-order valence-corrected chi connectivity index (χ4v) is 5.23. The first-order valence-corrected chi connectivity index (χ1v) is 13.7. The first-order valence-electron chi connectivity index (χ1n) is 13.7. The van der Waals surface area contributed by atoms with Crippen molar-refractivity contribution >= 4 is 34.8 Å². The van der Waals surface area contributed by atoms with Crippen molar-refractivity contribution in [3.63, 3.8) is 0 Å². The quantitative estimate of drug-likeness (QED) is 0.205. The largest absolute Gasteiger partial charge is 0.573 e. The molecule has 12 heteroatoms. The Hall–Kier alpha value is -4.35. The SMILES string of the molecule is COc1ncccc1Nc1cc2nc3ccccc3n(-c3ccc(OC(F)(F)F)cc3)c-2cc1=NCC1CCNCC1.Cl. The fourth-order valence-electron chi connectivity index (χ4n) is 5.23. The van der Waals surface area contributed by atoms with Crippen LogP contribution in [0.5, 0.6) is 11.6 Å². The molecule has 1 aromatic heterocycles. The fraction of sp³-hybridized carbons (Fsp3) is 0.258. The number of rotatable bonds is 7. The summed E-state index contributed by atoms with van der Waals surface area (Å²) >= 11 is 0. The van der Waals surface area contributed by atoms with Crippen molar-refractivity contribution in [1.29, 1.82) is 0 Å². The third-order valence-electron chi connectivity index (χ3n) is 7.24. The van der Waals surface area contributed by atoms with Crippen LogP contribution in [0.2, 0.25) is 0 Å². The summed E-state index contributed by atoms with van der Waals surface area (Å²) in [6, 6.07) is 21.1. The molecule has 0 amide bonds. The van der Waals surface area contributed by atoms with Crippen molar-refractivity contribution < 1.29 is 22.6 Å². The third-order valence-corrected chi connectivity index (χ3v) is 7.24. The number of hydrogen-bond donors (Lipinski definition) is 2. The van der Waals surface area contributed by atoms with Crippen molar-refractivity contribution in [2.24, 2.45) is 10.9 Å². The van der Waals surface area contributed by atoms with E-state index in [-0.39, 0.29) is 18.2 Å². The van der Waals surface area contributed by atoms with Crippen LogP contribution in [0.4, 0.5) is 24.5 Å². The van der Waals surface area contributed by atoms with E-state index in [0.29, 0.717) is 35.4 Å². The standard InChI is InChI=1S/C31H29F3N6O2.ClH/c1-41-30-24(6-4-14-36-30)39-26-17-27-29(18-25(26)37-19-20-12-15-35-16-13-20)40(28-7-3-2-5-23(28)38-27)21-8-10-22(11-9-21)42-31(32,33)34;/h2-11,14,17-18,20,35,39H,12-13,15-16,19H2,1H3;1H. The zero-order valence-electron chi connectivity index (χ0n) is 23.3. The highest BCUT2D eigenvalue weighted by atomic mass is 35.5. The van der Waals surface area contributed by atoms with Gasteiger partial charge in [0, 0.05) is 18.4 Å². The lowest BCUT2D eigenvalue weighted by molar-refractivity contribution is -0.274. The monoisotopic (exact) mass is 610 g/mol. The van der Waals surface area contributed by atoms with Crippen LogP contribution in [0, 0.1) is 5.92 Å². The molecule has 8 nitrogen and oxygen atoms in total. The van der Waals surface area contributed by atoms with E-state index in [4.69, 9.17) is 14.7 Å². The van der Waals surface area contributed by atoms with Crippen LogP contribution in [0.1, 0.15) is 12.8 Å².